The van der Waals surface area contributed by atoms with Gasteiger partial charge in [0.15, 0.2) is 0 Å². The molecule has 19 heavy (non-hydrogen) atoms. The summed E-state index contributed by atoms with van der Waals surface area (Å²) in [5.41, 5.74) is 0. The molecule has 95 valence electrons. The van der Waals surface area contributed by atoms with Crippen LogP contribution in [-0.4, -0.2) is 8.42 Å². The summed E-state index contributed by atoms with van der Waals surface area (Å²) in [6, 6.07) is 12.9. The molecule has 3 heteroatoms. The molecule has 1 radical (unpaired) electrons. The van der Waals surface area contributed by atoms with Crippen LogP contribution in [0.3, 0.4) is 0 Å². The van der Waals surface area contributed by atoms with Crippen LogP contribution in [0.25, 0.3) is 10.8 Å². The Morgan fingerprint density at radius 1 is 0.947 bits per heavy atom. The van der Waals surface area contributed by atoms with Gasteiger partial charge in [-0.3, -0.25) is 0 Å². The third-order valence-corrected chi connectivity index (χ3v) is 5.06. The van der Waals surface area contributed by atoms with Crippen molar-refractivity contribution in [1.82, 2.24) is 0 Å². The summed E-state index contributed by atoms with van der Waals surface area (Å²) in [7, 11) is -3.43. The summed E-state index contributed by atoms with van der Waals surface area (Å²) in [4.78, 5) is 0.759. The molecule has 1 aliphatic rings. The standard InChI is InChI=1S/C16H13O2S/c17-19(18,14-9-2-1-3-10-14)16-12-6-8-13-7-4-5-11-15(13)16/h1-2,4-12H,3H2. The molecule has 0 atom stereocenters. The minimum Gasteiger partial charge on any atom is -0.219 e. The van der Waals surface area contributed by atoms with Crippen LogP contribution in [0, 0.1) is 6.42 Å². The zero-order valence-corrected chi connectivity index (χ0v) is 11.1. The van der Waals surface area contributed by atoms with Crippen LogP contribution in [0.4, 0.5) is 0 Å². The van der Waals surface area contributed by atoms with Crippen molar-refractivity contribution < 1.29 is 8.42 Å². The molecule has 0 saturated heterocycles. The first kappa shape index (κ1) is 12.2. The number of hydrogen-bond acceptors (Lipinski definition) is 2. The van der Waals surface area contributed by atoms with Crippen LogP contribution in [0.15, 0.2) is 70.5 Å². The molecule has 2 nitrogen and oxygen atoms in total. The highest BCUT2D eigenvalue weighted by Gasteiger charge is 2.21. The second-order valence-corrected chi connectivity index (χ2v) is 6.34. The fourth-order valence-corrected chi connectivity index (χ4v) is 3.81. The first-order valence-corrected chi connectivity index (χ1v) is 7.61. The van der Waals surface area contributed by atoms with Gasteiger partial charge in [-0.15, -0.1) is 0 Å². The van der Waals surface area contributed by atoms with Gasteiger partial charge in [0.1, 0.15) is 0 Å². The summed E-state index contributed by atoms with van der Waals surface area (Å²) in [5.74, 6) is 0. The Kier molecular flexibility index (Phi) is 2.99. The SMILES string of the molecule is O=S(=O)(C1=CC[CH]C=C1)c1cccc2ccccc12. The molecule has 0 N–H and O–H groups in total. The smallest absolute Gasteiger partial charge is 0.206 e. The fourth-order valence-electron chi connectivity index (χ4n) is 2.25. The van der Waals surface area contributed by atoms with Crippen molar-refractivity contribution in [1.29, 1.82) is 0 Å². The molecule has 0 aliphatic heterocycles. The maximum atomic E-state index is 12.7. The first-order chi connectivity index (χ1) is 9.19. The first-order valence-electron chi connectivity index (χ1n) is 6.12. The van der Waals surface area contributed by atoms with Gasteiger partial charge in [0.05, 0.1) is 9.80 Å². The van der Waals surface area contributed by atoms with Crippen LogP contribution in [-0.2, 0) is 9.84 Å². The molecule has 0 amide bonds. The number of rotatable bonds is 2. The second kappa shape index (κ2) is 4.67. The van der Waals surface area contributed by atoms with Crippen LogP contribution in [0.1, 0.15) is 6.42 Å². The Morgan fingerprint density at radius 3 is 2.53 bits per heavy atom. The van der Waals surface area contributed by atoms with Crippen molar-refractivity contribution in [2.24, 2.45) is 0 Å². The zero-order chi connectivity index (χ0) is 13.3. The Morgan fingerprint density at radius 2 is 1.74 bits per heavy atom. The van der Waals surface area contributed by atoms with Crippen molar-refractivity contribution in [3.05, 3.63) is 72.0 Å². The number of benzene rings is 2. The van der Waals surface area contributed by atoms with Crippen molar-refractivity contribution in [3.8, 4) is 0 Å². The molecule has 0 fully saturated rings. The lowest BCUT2D eigenvalue weighted by molar-refractivity contribution is 0.603. The Labute approximate surface area is 113 Å². The summed E-state index contributed by atoms with van der Waals surface area (Å²) < 4.78 is 25.3. The maximum Gasteiger partial charge on any atom is 0.206 e. The Hall–Kier alpha value is -1.87. The molecule has 0 bridgehead atoms. The number of allylic oxidation sites excluding steroid dienone is 3. The Balaban J connectivity index is 2.24. The lowest BCUT2D eigenvalue weighted by Crippen LogP contribution is -2.05. The molecule has 0 aromatic heterocycles. The molecule has 0 heterocycles. The van der Waals surface area contributed by atoms with E-state index in [0.29, 0.717) is 16.2 Å². The molecule has 2 aromatic carbocycles. The highest BCUT2D eigenvalue weighted by atomic mass is 32.2. The van der Waals surface area contributed by atoms with E-state index >= 15 is 0 Å². The van der Waals surface area contributed by atoms with Gasteiger partial charge in [-0.1, -0.05) is 48.6 Å². The topological polar surface area (TPSA) is 34.1 Å². The average molecular weight is 269 g/mol. The van der Waals surface area contributed by atoms with Gasteiger partial charge in [-0.05, 0) is 30.4 Å². The minimum atomic E-state index is -3.43. The molecular weight excluding hydrogens is 256 g/mol. The van der Waals surface area contributed by atoms with Crippen LogP contribution >= 0.6 is 0 Å². The van der Waals surface area contributed by atoms with E-state index in [1.807, 2.05) is 36.8 Å². The quantitative estimate of drug-likeness (QED) is 0.833. The van der Waals surface area contributed by atoms with E-state index in [0.717, 1.165) is 10.8 Å². The van der Waals surface area contributed by atoms with E-state index < -0.39 is 9.84 Å². The minimum absolute atomic E-state index is 0.378. The van der Waals surface area contributed by atoms with E-state index in [-0.39, 0.29) is 0 Å². The largest absolute Gasteiger partial charge is 0.219 e. The lowest BCUT2D eigenvalue weighted by atomic mass is 10.1. The second-order valence-electron chi connectivity index (χ2n) is 4.42. The van der Waals surface area contributed by atoms with Crippen LogP contribution in [0.2, 0.25) is 0 Å². The maximum absolute atomic E-state index is 12.7. The monoisotopic (exact) mass is 269 g/mol. The predicted molar refractivity (Wildman–Crippen MR) is 77.3 cm³/mol. The number of hydrogen-bond donors (Lipinski definition) is 0. The van der Waals surface area contributed by atoms with E-state index in [1.165, 1.54) is 0 Å². The number of sulfone groups is 1. The summed E-state index contributed by atoms with van der Waals surface area (Å²) in [5, 5.41) is 1.71. The van der Waals surface area contributed by atoms with Gasteiger partial charge in [-0.2, -0.15) is 0 Å². The van der Waals surface area contributed by atoms with Crippen molar-refractivity contribution in [3.63, 3.8) is 0 Å². The molecular formula is C16H13O2S. The molecule has 1 aliphatic carbocycles. The van der Waals surface area contributed by atoms with Gasteiger partial charge in [0, 0.05) is 5.39 Å². The van der Waals surface area contributed by atoms with Gasteiger partial charge in [-0.25, -0.2) is 8.42 Å². The van der Waals surface area contributed by atoms with Crippen LogP contribution < -0.4 is 0 Å². The van der Waals surface area contributed by atoms with E-state index in [9.17, 15) is 8.42 Å². The molecule has 0 saturated carbocycles. The number of fused-ring (bicyclic) bond motifs is 1. The predicted octanol–water partition coefficient (Wildman–Crippen LogP) is 3.66. The normalized spacial score (nSPS) is 15.5. The third kappa shape index (κ3) is 2.10. The van der Waals surface area contributed by atoms with Gasteiger partial charge in [0.2, 0.25) is 9.84 Å². The molecule has 2 aromatic rings. The van der Waals surface area contributed by atoms with E-state index in [4.69, 9.17) is 0 Å². The van der Waals surface area contributed by atoms with Gasteiger partial charge in [0.25, 0.3) is 0 Å². The van der Waals surface area contributed by atoms with Crippen molar-refractivity contribution >= 4 is 20.6 Å². The van der Waals surface area contributed by atoms with Gasteiger partial charge >= 0.3 is 0 Å². The van der Waals surface area contributed by atoms with E-state index in [1.54, 1.807) is 30.4 Å². The molecule has 0 spiro atoms. The highest BCUT2D eigenvalue weighted by Crippen LogP contribution is 2.29. The third-order valence-electron chi connectivity index (χ3n) is 3.20. The van der Waals surface area contributed by atoms with Crippen LogP contribution in [0.5, 0.6) is 0 Å². The summed E-state index contributed by atoms with van der Waals surface area (Å²) >= 11 is 0. The molecule has 0 unspecified atom stereocenters. The zero-order valence-electron chi connectivity index (χ0n) is 10.3. The lowest BCUT2D eigenvalue weighted by Gasteiger charge is -2.11. The Bertz CT molecular complexity index is 778. The summed E-state index contributed by atoms with van der Waals surface area (Å²) in [6.07, 6.45) is 7.79. The molecule has 3 rings (SSSR count). The average Bonchev–Trinajstić information content (AvgIpc) is 2.47. The fraction of sp³-hybridized carbons (Fsp3) is 0.0625. The van der Waals surface area contributed by atoms with Crippen molar-refractivity contribution in [2.45, 2.75) is 11.3 Å². The summed E-state index contributed by atoms with van der Waals surface area (Å²) in [6.45, 7) is 0. The van der Waals surface area contributed by atoms with Gasteiger partial charge < -0.3 is 0 Å². The van der Waals surface area contributed by atoms with E-state index in [2.05, 4.69) is 0 Å². The highest BCUT2D eigenvalue weighted by molar-refractivity contribution is 7.95. The van der Waals surface area contributed by atoms with Crippen molar-refractivity contribution in [2.75, 3.05) is 0 Å².